The zero-order chi connectivity index (χ0) is 19.4. The van der Waals surface area contributed by atoms with E-state index >= 15 is 0 Å². The summed E-state index contributed by atoms with van der Waals surface area (Å²) in [5.74, 6) is -4.09. The summed E-state index contributed by atoms with van der Waals surface area (Å²) in [7, 11) is 0. The molecule has 0 aromatic heterocycles. The summed E-state index contributed by atoms with van der Waals surface area (Å²) >= 11 is 0.806. The van der Waals surface area contributed by atoms with E-state index in [9.17, 15) is 13.2 Å². The normalized spacial score (nSPS) is 10.1. The summed E-state index contributed by atoms with van der Waals surface area (Å²) in [5, 5.41) is 18.3. The molecule has 3 nitrogen and oxygen atoms in total. The van der Waals surface area contributed by atoms with E-state index in [0.717, 1.165) is 17.8 Å². The Bertz CT molecular complexity index is 1090. The van der Waals surface area contributed by atoms with Gasteiger partial charge in [-0.3, -0.25) is 0 Å². The van der Waals surface area contributed by atoms with E-state index in [1.54, 1.807) is 30.3 Å². The number of hydrogen-bond donors (Lipinski definition) is 0. The minimum absolute atomic E-state index is 0.334. The molecule has 0 fully saturated rings. The Balaban J connectivity index is 2.23. The van der Waals surface area contributed by atoms with Crippen molar-refractivity contribution in [3.05, 3.63) is 83.2 Å². The molecule has 0 unspecified atom stereocenters. The molecule has 3 aromatic carbocycles. The molecule has 0 heterocycles. The van der Waals surface area contributed by atoms with Crippen molar-refractivity contribution >= 4 is 11.8 Å². The largest absolute Gasteiger partial charge is 0.450 e. The lowest BCUT2D eigenvalue weighted by Gasteiger charge is -2.15. The van der Waals surface area contributed by atoms with Gasteiger partial charge in [-0.1, -0.05) is 42.1 Å². The molecule has 0 aliphatic rings. The van der Waals surface area contributed by atoms with Gasteiger partial charge in [-0.25, -0.2) is 13.2 Å². The molecule has 0 radical (unpaired) electrons. The summed E-state index contributed by atoms with van der Waals surface area (Å²) in [6.45, 7) is 0. The van der Waals surface area contributed by atoms with Crippen LogP contribution in [-0.2, 0) is 0 Å². The molecule has 0 aliphatic carbocycles. The summed E-state index contributed by atoms with van der Waals surface area (Å²) < 4.78 is 49.0. The first-order valence-corrected chi connectivity index (χ1v) is 8.39. The van der Waals surface area contributed by atoms with Crippen molar-refractivity contribution in [2.45, 2.75) is 9.79 Å². The van der Waals surface area contributed by atoms with Crippen LogP contribution in [0.2, 0.25) is 0 Å². The number of halogens is 3. The molecule has 132 valence electrons. The van der Waals surface area contributed by atoms with Gasteiger partial charge in [0.05, 0.1) is 4.90 Å². The average Bonchev–Trinajstić information content (AvgIpc) is 2.69. The van der Waals surface area contributed by atoms with Gasteiger partial charge in [0.2, 0.25) is 0 Å². The molecule has 3 aromatic rings. The molecule has 0 N–H and O–H groups in total. The van der Waals surface area contributed by atoms with Crippen molar-refractivity contribution in [3.63, 3.8) is 0 Å². The molecule has 0 aliphatic heterocycles. The van der Waals surface area contributed by atoms with Crippen LogP contribution in [0.15, 0.2) is 64.4 Å². The second-order valence-corrected chi connectivity index (χ2v) is 6.29. The van der Waals surface area contributed by atoms with E-state index in [-0.39, 0.29) is 10.6 Å². The van der Waals surface area contributed by atoms with Crippen molar-refractivity contribution in [1.29, 1.82) is 10.5 Å². The van der Waals surface area contributed by atoms with Gasteiger partial charge < -0.3 is 4.74 Å². The zero-order valence-corrected chi connectivity index (χ0v) is 14.4. The molecule has 0 saturated carbocycles. The third-order valence-electron chi connectivity index (χ3n) is 3.53. The quantitative estimate of drug-likeness (QED) is 0.573. The lowest BCUT2D eigenvalue weighted by molar-refractivity contribution is 0.396. The first-order chi connectivity index (χ1) is 13.1. The lowest BCUT2D eigenvalue weighted by atomic mass is 10.1. The summed E-state index contributed by atoms with van der Waals surface area (Å²) in [5.41, 5.74) is -1.52. The highest BCUT2D eigenvalue weighted by Gasteiger charge is 2.27. The number of rotatable bonds is 4. The molecule has 0 saturated heterocycles. The second kappa shape index (κ2) is 7.86. The van der Waals surface area contributed by atoms with E-state index in [1.165, 1.54) is 30.3 Å². The summed E-state index contributed by atoms with van der Waals surface area (Å²) in [4.78, 5) is 0.195. The van der Waals surface area contributed by atoms with Crippen LogP contribution < -0.4 is 4.74 Å². The van der Waals surface area contributed by atoms with Crippen molar-refractivity contribution in [2.24, 2.45) is 0 Å². The Hall–Kier alpha value is -3.42. The van der Waals surface area contributed by atoms with Gasteiger partial charge in [-0.2, -0.15) is 10.5 Å². The van der Waals surface area contributed by atoms with Gasteiger partial charge >= 0.3 is 0 Å². The predicted molar refractivity (Wildman–Crippen MR) is 92.8 cm³/mol. The fourth-order valence-electron chi connectivity index (χ4n) is 2.28. The average molecular weight is 382 g/mol. The van der Waals surface area contributed by atoms with Crippen LogP contribution >= 0.6 is 11.8 Å². The molecule has 0 amide bonds. The number of para-hydroxylation sites is 1. The van der Waals surface area contributed by atoms with Crippen LogP contribution in [0.5, 0.6) is 11.5 Å². The van der Waals surface area contributed by atoms with Crippen molar-refractivity contribution in [3.8, 4) is 23.6 Å². The number of benzene rings is 3. The maximum atomic E-state index is 14.9. The monoisotopic (exact) mass is 382 g/mol. The van der Waals surface area contributed by atoms with Crippen molar-refractivity contribution in [2.75, 3.05) is 0 Å². The van der Waals surface area contributed by atoms with Crippen LogP contribution in [0.4, 0.5) is 13.2 Å². The summed E-state index contributed by atoms with van der Waals surface area (Å²) in [6, 6.07) is 16.6. The fraction of sp³-hybridized carbons (Fsp3) is 0. The summed E-state index contributed by atoms with van der Waals surface area (Å²) in [6.07, 6.45) is 0. The number of nitriles is 2. The molecular weight excluding hydrogens is 373 g/mol. The Morgan fingerprint density at radius 3 is 2.00 bits per heavy atom. The van der Waals surface area contributed by atoms with Crippen LogP contribution in [0, 0.1) is 40.1 Å². The molecule has 0 spiro atoms. The second-order valence-electron chi connectivity index (χ2n) is 5.21. The van der Waals surface area contributed by atoms with E-state index in [2.05, 4.69) is 0 Å². The Kier molecular flexibility index (Phi) is 5.35. The van der Waals surface area contributed by atoms with Gasteiger partial charge in [0, 0.05) is 4.90 Å². The van der Waals surface area contributed by atoms with E-state index in [4.69, 9.17) is 15.3 Å². The molecule has 27 heavy (non-hydrogen) atoms. The van der Waals surface area contributed by atoms with E-state index in [1.807, 2.05) is 0 Å². The van der Waals surface area contributed by atoms with Crippen LogP contribution in [0.25, 0.3) is 0 Å². The Morgan fingerprint density at radius 1 is 0.778 bits per heavy atom. The van der Waals surface area contributed by atoms with Gasteiger partial charge in [0.1, 0.15) is 23.3 Å². The van der Waals surface area contributed by atoms with Crippen LogP contribution in [0.3, 0.4) is 0 Å². The number of nitrogens with zero attached hydrogens (tertiary/aromatic N) is 2. The zero-order valence-electron chi connectivity index (χ0n) is 13.5. The standard InChI is InChI=1S/C20H9F3N2OS/c21-15-8-4-5-9-16(15)26-19-17(22)13(10-24)14(11-25)18(23)20(19)27-12-6-2-1-3-7-12/h1-9H. The third-order valence-corrected chi connectivity index (χ3v) is 4.61. The van der Waals surface area contributed by atoms with Gasteiger partial charge in [0.15, 0.2) is 29.0 Å². The maximum absolute atomic E-state index is 14.9. The number of ether oxygens (including phenoxy) is 1. The first-order valence-electron chi connectivity index (χ1n) is 7.57. The van der Waals surface area contributed by atoms with Crippen LogP contribution in [0.1, 0.15) is 11.1 Å². The molecule has 3 rings (SSSR count). The smallest absolute Gasteiger partial charge is 0.186 e. The highest BCUT2D eigenvalue weighted by molar-refractivity contribution is 7.99. The SMILES string of the molecule is N#Cc1c(F)c(Oc2ccccc2F)c(Sc2ccccc2)c(F)c1C#N. The topological polar surface area (TPSA) is 56.8 Å². The van der Waals surface area contributed by atoms with Crippen molar-refractivity contribution in [1.82, 2.24) is 0 Å². The molecular formula is C20H9F3N2OS. The number of hydrogen-bond acceptors (Lipinski definition) is 4. The van der Waals surface area contributed by atoms with E-state index < -0.39 is 34.3 Å². The predicted octanol–water partition coefficient (Wildman–Crippen LogP) is 5.79. The van der Waals surface area contributed by atoms with Gasteiger partial charge in [0.25, 0.3) is 0 Å². The highest BCUT2D eigenvalue weighted by atomic mass is 32.2. The lowest BCUT2D eigenvalue weighted by Crippen LogP contribution is -2.03. The Labute approximate surface area is 157 Å². The molecule has 0 atom stereocenters. The fourth-order valence-corrected chi connectivity index (χ4v) is 3.23. The maximum Gasteiger partial charge on any atom is 0.186 e. The van der Waals surface area contributed by atoms with Gasteiger partial charge in [-0.15, -0.1) is 0 Å². The van der Waals surface area contributed by atoms with Crippen molar-refractivity contribution < 1.29 is 17.9 Å². The highest BCUT2D eigenvalue weighted by Crippen LogP contribution is 2.43. The molecule has 7 heteroatoms. The third kappa shape index (κ3) is 3.59. The first kappa shape index (κ1) is 18.4. The van der Waals surface area contributed by atoms with Crippen LogP contribution in [-0.4, -0.2) is 0 Å². The van der Waals surface area contributed by atoms with Gasteiger partial charge in [-0.05, 0) is 24.3 Å². The Morgan fingerprint density at radius 2 is 1.37 bits per heavy atom. The minimum atomic E-state index is -1.22. The minimum Gasteiger partial charge on any atom is -0.450 e. The molecule has 0 bridgehead atoms. The van der Waals surface area contributed by atoms with E-state index in [0.29, 0.717) is 4.90 Å².